The number of carbonyl (C=O) groups is 2. The average Bonchev–Trinajstić information content (AvgIpc) is 3.17. The fourth-order valence-corrected chi connectivity index (χ4v) is 9.40. The van der Waals surface area contributed by atoms with Gasteiger partial charge < -0.3 is 14.4 Å². The lowest BCUT2D eigenvalue weighted by Gasteiger charge is -2.49. The number of carbonyl (C=O) groups excluding carboxylic acids is 2. The minimum Gasteiger partial charge on any atom is -0.490 e. The maximum Gasteiger partial charge on any atom is 0.264 e. The van der Waals surface area contributed by atoms with Crippen molar-refractivity contribution in [2.24, 2.45) is 23.7 Å². The lowest BCUT2D eigenvalue weighted by molar-refractivity contribution is -0.143. The van der Waals surface area contributed by atoms with Crippen molar-refractivity contribution in [1.82, 2.24) is 4.72 Å². The molecule has 0 aromatic heterocycles. The maximum atomic E-state index is 13.5. The number of ether oxygens (including phenoxy) is 2. The molecule has 6 atom stereocenters. The Morgan fingerprint density at radius 1 is 1.17 bits per heavy atom. The first kappa shape index (κ1) is 34.0. The van der Waals surface area contributed by atoms with E-state index in [0.717, 1.165) is 49.1 Å². The minimum absolute atomic E-state index is 0.0492. The molecule has 0 radical (unpaired) electrons. The number of benzene rings is 2. The molecule has 2 bridgehead atoms. The zero-order valence-corrected chi connectivity index (χ0v) is 29.4. The summed E-state index contributed by atoms with van der Waals surface area (Å²) in [5.74, 6) is 0.0203. The molecule has 2 aliphatic carbocycles. The van der Waals surface area contributed by atoms with Gasteiger partial charge in [-0.2, -0.15) is 0 Å². The number of nitrogens with one attached hydrogen (secondary N) is 1. The van der Waals surface area contributed by atoms with Crippen molar-refractivity contribution in [3.63, 3.8) is 0 Å². The highest BCUT2D eigenvalue weighted by molar-refractivity contribution is 7.90. The van der Waals surface area contributed by atoms with Crippen LogP contribution in [0, 0.1) is 23.7 Å². The van der Waals surface area contributed by atoms with E-state index in [0.29, 0.717) is 38.5 Å². The van der Waals surface area contributed by atoms with Gasteiger partial charge in [0.2, 0.25) is 10.0 Å². The van der Waals surface area contributed by atoms with Gasteiger partial charge in [0.25, 0.3) is 5.91 Å². The van der Waals surface area contributed by atoms with Crippen LogP contribution in [0.4, 0.5) is 5.69 Å². The summed E-state index contributed by atoms with van der Waals surface area (Å²) in [6.45, 7) is 9.78. The third-order valence-corrected chi connectivity index (χ3v) is 13.2. The summed E-state index contributed by atoms with van der Waals surface area (Å²) in [5, 5.41) is -0.127. The molecule has 0 unspecified atom stereocenters. The topological polar surface area (TPSA) is 102 Å². The van der Waals surface area contributed by atoms with Crippen LogP contribution in [0.5, 0.6) is 5.75 Å². The second-order valence-corrected chi connectivity index (χ2v) is 17.2. The van der Waals surface area contributed by atoms with E-state index >= 15 is 0 Å². The van der Waals surface area contributed by atoms with E-state index in [9.17, 15) is 18.0 Å². The van der Waals surface area contributed by atoms with Crippen LogP contribution in [0.15, 0.2) is 48.6 Å². The van der Waals surface area contributed by atoms with Gasteiger partial charge in [-0.15, -0.1) is 0 Å². The average molecular weight is 683 g/mol. The summed E-state index contributed by atoms with van der Waals surface area (Å²) in [6.07, 6.45) is 9.81. The smallest absolute Gasteiger partial charge is 0.264 e. The number of rotatable bonds is 4. The predicted molar refractivity (Wildman–Crippen MR) is 185 cm³/mol. The van der Waals surface area contributed by atoms with Gasteiger partial charge in [0.1, 0.15) is 11.4 Å². The molecule has 47 heavy (non-hydrogen) atoms. The fourth-order valence-electron chi connectivity index (χ4n) is 7.92. The van der Waals surface area contributed by atoms with E-state index in [-0.39, 0.29) is 34.7 Å². The number of hydrogen-bond donors (Lipinski definition) is 1. The molecule has 1 N–H and O–H groups in total. The van der Waals surface area contributed by atoms with Crippen LogP contribution in [-0.4, -0.2) is 57.8 Å². The predicted octanol–water partition coefficient (Wildman–Crippen LogP) is 6.49. The van der Waals surface area contributed by atoms with E-state index in [1.807, 2.05) is 25.1 Å². The summed E-state index contributed by atoms with van der Waals surface area (Å²) in [5.41, 5.74) is 2.05. The maximum absolute atomic E-state index is 13.5. The van der Waals surface area contributed by atoms with Gasteiger partial charge in [0.05, 0.1) is 24.2 Å². The lowest BCUT2D eigenvalue weighted by Crippen LogP contribution is -2.54. The quantitative estimate of drug-likeness (QED) is 0.291. The Morgan fingerprint density at radius 3 is 2.70 bits per heavy atom. The van der Waals surface area contributed by atoms with E-state index in [4.69, 9.17) is 21.1 Å². The molecule has 6 rings (SSSR count). The minimum atomic E-state index is -3.99. The van der Waals surface area contributed by atoms with Crippen LogP contribution in [0.2, 0.25) is 5.02 Å². The molecular weight excluding hydrogens is 636 g/mol. The van der Waals surface area contributed by atoms with Crippen LogP contribution in [-0.2, 0) is 31.4 Å². The van der Waals surface area contributed by atoms with E-state index in [1.54, 1.807) is 25.1 Å². The third kappa shape index (κ3) is 6.60. The standard InChI is InChI=1S/C37H47ClN2O6S/c1-24(2)20-46-37(22-41)16-5-7-25(3)26(4)47(43,44)39-35(42)28-10-14-34-33(18-28)40(19-29-9-12-32(29)37)21-36(23-45-34)15-6-8-27-17-30(38)11-13-31(27)36/h5,10-11,13-14,16-18,22,24-26,29,32H,6-9,12,15,19-21,23H2,1-4H3,(H,39,42)/b16-5+/t25-,26+,29-,32+,36-,37-/m0/s1. The number of hydrogen-bond acceptors (Lipinski definition) is 7. The molecule has 2 heterocycles. The van der Waals surface area contributed by atoms with Crippen molar-refractivity contribution in [1.29, 1.82) is 0 Å². The molecule has 1 fully saturated rings. The van der Waals surface area contributed by atoms with Crippen LogP contribution in [0.1, 0.15) is 81.3 Å². The molecule has 1 spiro atoms. The number of nitrogens with zero attached hydrogens (tertiary/aromatic N) is 1. The molecule has 1 saturated carbocycles. The number of fused-ring (bicyclic) bond motifs is 4. The molecule has 4 aliphatic rings. The third-order valence-electron chi connectivity index (χ3n) is 11.0. The van der Waals surface area contributed by atoms with Crippen molar-refractivity contribution < 1.29 is 27.5 Å². The number of aryl methyl sites for hydroxylation is 1. The summed E-state index contributed by atoms with van der Waals surface area (Å²) in [6, 6.07) is 11.3. The van der Waals surface area contributed by atoms with Crippen LogP contribution in [0.25, 0.3) is 0 Å². The van der Waals surface area contributed by atoms with Gasteiger partial charge >= 0.3 is 0 Å². The SMILES string of the molecule is CC(C)CO[C@]1(C=O)/C=C/C[C@H](C)[C@@H](C)S(=O)(=O)NC(=O)c2ccc3c(c2)N(C[C@@H]2CC[C@H]21)C[C@@]1(CCCc2cc(Cl)ccc21)CO3. The Balaban J connectivity index is 1.46. The van der Waals surface area contributed by atoms with Crippen molar-refractivity contribution in [2.45, 2.75) is 82.5 Å². The first-order valence-electron chi connectivity index (χ1n) is 17.0. The fraction of sp³-hybridized carbons (Fsp3) is 0.568. The number of allylic oxidation sites excluding steroid dienone is 1. The van der Waals surface area contributed by atoms with Crippen LogP contribution >= 0.6 is 11.6 Å². The molecule has 2 aliphatic heterocycles. The number of sulfonamides is 1. The normalized spacial score (nSPS) is 32.6. The Bertz CT molecular complexity index is 1660. The summed E-state index contributed by atoms with van der Waals surface area (Å²) >= 11 is 6.43. The second kappa shape index (κ2) is 13.2. The van der Waals surface area contributed by atoms with Gasteiger partial charge in [-0.3, -0.25) is 9.59 Å². The van der Waals surface area contributed by atoms with Gasteiger partial charge in [0.15, 0.2) is 6.29 Å². The Labute approximate surface area is 284 Å². The van der Waals surface area contributed by atoms with Gasteiger partial charge in [-0.05, 0) is 111 Å². The summed E-state index contributed by atoms with van der Waals surface area (Å²) < 4.78 is 42.2. The summed E-state index contributed by atoms with van der Waals surface area (Å²) in [7, 11) is -3.99. The number of halogens is 1. The van der Waals surface area contributed by atoms with Gasteiger partial charge in [-0.25, -0.2) is 13.1 Å². The largest absolute Gasteiger partial charge is 0.490 e. The van der Waals surface area contributed by atoms with Crippen molar-refractivity contribution in [3.8, 4) is 5.75 Å². The molecule has 10 heteroatoms. The lowest BCUT2D eigenvalue weighted by atomic mass is 9.64. The highest BCUT2D eigenvalue weighted by Gasteiger charge is 2.49. The number of amides is 1. The number of aldehydes is 1. The first-order chi connectivity index (χ1) is 22.4. The summed E-state index contributed by atoms with van der Waals surface area (Å²) in [4.78, 5) is 28.9. The van der Waals surface area contributed by atoms with Crippen molar-refractivity contribution in [2.75, 3.05) is 31.2 Å². The molecule has 2 aromatic carbocycles. The molecule has 1 amide bonds. The number of anilines is 1. The molecule has 2 aromatic rings. The van der Waals surface area contributed by atoms with Crippen molar-refractivity contribution >= 4 is 39.5 Å². The molecule has 0 saturated heterocycles. The Kier molecular flexibility index (Phi) is 9.55. The first-order valence-corrected chi connectivity index (χ1v) is 18.9. The highest BCUT2D eigenvalue weighted by Crippen LogP contribution is 2.49. The monoisotopic (exact) mass is 682 g/mol. The van der Waals surface area contributed by atoms with Crippen LogP contribution < -0.4 is 14.4 Å². The van der Waals surface area contributed by atoms with Crippen molar-refractivity contribution in [3.05, 3.63) is 70.3 Å². The van der Waals surface area contributed by atoms with Gasteiger partial charge in [-0.1, -0.05) is 44.5 Å². The Hall–Kier alpha value is -2.88. The molecule has 254 valence electrons. The molecular formula is C37H47ClN2O6S. The van der Waals surface area contributed by atoms with Crippen LogP contribution in [0.3, 0.4) is 0 Å². The van der Waals surface area contributed by atoms with E-state index < -0.39 is 26.8 Å². The van der Waals surface area contributed by atoms with E-state index in [2.05, 4.69) is 35.6 Å². The second-order valence-electron chi connectivity index (χ2n) is 14.7. The highest BCUT2D eigenvalue weighted by atomic mass is 35.5. The Morgan fingerprint density at radius 2 is 1.98 bits per heavy atom. The van der Waals surface area contributed by atoms with E-state index in [1.165, 1.54) is 11.1 Å². The van der Waals surface area contributed by atoms with Gasteiger partial charge in [0, 0.05) is 35.0 Å². The zero-order valence-electron chi connectivity index (χ0n) is 27.8. The zero-order chi connectivity index (χ0) is 33.6. The molecule has 8 nitrogen and oxygen atoms in total.